The molecule has 0 spiro atoms. The summed E-state index contributed by atoms with van der Waals surface area (Å²) in [6.07, 6.45) is 0.691. The first-order valence-electron chi connectivity index (χ1n) is 5.90. The lowest BCUT2D eigenvalue weighted by Gasteiger charge is -2.10. The van der Waals surface area contributed by atoms with Gasteiger partial charge in [0.25, 0.3) is 0 Å². The zero-order valence-corrected chi connectivity index (χ0v) is 11.6. The number of aryl methyl sites for hydroxylation is 1. The summed E-state index contributed by atoms with van der Waals surface area (Å²) in [6.45, 7) is 1.97. The third-order valence-electron chi connectivity index (χ3n) is 2.84. The van der Waals surface area contributed by atoms with Gasteiger partial charge < -0.3 is 9.57 Å². The molecular formula is C14H15ClN2O2. The number of methoxy groups -OCH3 is 1. The first-order valence-corrected chi connectivity index (χ1v) is 6.28. The molecule has 1 aromatic heterocycles. The van der Waals surface area contributed by atoms with Gasteiger partial charge in [-0.1, -0.05) is 18.5 Å². The van der Waals surface area contributed by atoms with Crippen molar-refractivity contribution in [3.05, 3.63) is 41.0 Å². The number of aromatic nitrogens is 1. The van der Waals surface area contributed by atoms with E-state index in [-0.39, 0.29) is 0 Å². The highest BCUT2D eigenvalue weighted by Crippen LogP contribution is 2.32. The molecule has 19 heavy (non-hydrogen) atoms. The van der Waals surface area contributed by atoms with Gasteiger partial charge in [-0.3, -0.25) is 0 Å². The van der Waals surface area contributed by atoms with Crippen LogP contribution in [0.1, 0.15) is 12.6 Å². The van der Waals surface area contributed by atoms with Crippen molar-refractivity contribution >= 4 is 11.6 Å². The number of benzene rings is 1. The van der Waals surface area contributed by atoms with Gasteiger partial charge in [0.2, 0.25) is 0 Å². The summed E-state index contributed by atoms with van der Waals surface area (Å²) in [7, 11) is 1.63. The molecule has 0 saturated carbocycles. The molecule has 0 fully saturated rings. The predicted molar refractivity (Wildman–Crippen MR) is 75.4 cm³/mol. The summed E-state index contributed by atoms with van der Waals surface area (Å²) < 4.78 is 5.13. The van der Waals surface area contributed by atoms with Gasteiger partial charge in [-0.15, -0.1) is 0 Å². The van der Waals surface area contributed by atoms with Gasteiger partial charge in [0.1, 0.15) is 5.75 Å². The Labute approximate surface area is 117 Å². The van der Waals surface area contributed by atoms with Crippen LogP contribution < -0.4 is 15.5 Å². The molecule has 0 aliphatic heterocycles. The quantitative estimate of drug-likeness (QED) is 0.873. The van der Waals surface area contributed by atoms with Crippen LogP contribution in [0.5, 0.6) is 11.5 Å². The van der Waals surface area contributed by atoms with Gasteiger partial charge in [0, 0.05) is 5.56 Å². The topological polar surface area (TPSA) is 57.4 Å². The predicted octanol–water partition coefficient (Wildman–Crippen LogP) is 3.23. The third-order valence-corrected chi connectivity index (χ3v) is 3.12. The summed E-state index contributed by atoms with van der Waals surface area (Å²) >= 11 is 6.15. The molecule has 2 rings (SSSR count). The van der Waals surface area contributed by atoms with E-state index in [4.69, 9.17) is 27.1 Å². The molecule has 0 amide bonds. The SMILES string of the molecule is CCc1nc(-c2ccc(OC)cc2)cc(Cl)c1ON. The largest absolute Gasteiger partial charge is 0.497 e. The molecule has 0 bridgehead atoms. The molecule has 0 atom stereocenters. The van der Waals surface area contributed by atoms with Crippen LogP contribution in [0.3, 0.4) is 0 Å². The van der Waals surface area contributed by atoms with Gasteiger partial charge in [-0.2, -0.15) is 5.90 Å². The van der Waals surface area contributed by atoms with E-state index in [0.717, 1.165) is 22.7 Å². The average Bonchev–Trinajstić information content (AvgIpc) is 2.46. The number of rotatable bonds is 4. The summed E-state index contributed by atoms with van der Waals surface area (Å²) in [6, 6.07) is 9.36. The van der Waals surface area contributed by atoms with Gasteiger partial charge in [0.15, 0.2) is 5.75 Å². The van der Waals surface area contributed by atoms with Crippen molar-refractivity contribution in [3.63, 3.8) is 0 Å². The summed E-state index contributed by atoms with van der Waals surface area (Å²) in [5, 5.41) is 0.458. The van der Waals surface area contributed by atoms with E-state index in [9.17, 15) is 0 Å². The number of ether oxygens (including phenoxy) is 1. The van der Waals surface area contributed by atoms with E-state index in [1.165, 1.54) is 0 Å². The fourth-order valence-electron chi connectivity index (χ4n) is 1.83. The summed E-state index contributed by atoms with van der Waals surface area (Å²) in [5.74, 6) is 6.44. The van der Waals surface area contributed by atoms with Crippen LogP contribution in [0.25, 0.3) is 11.3 Å². The summed E-state index contributed by atoms with van der Waals surface area (Å²) in [4.78, 5) is 9.30. The highest BCUT2D eigenvalue weighted by molar-refractivity contribution is 6.32. The highest BCUT2D eigenvalue weighted by Gasteiger charge is 2.12. The van der Waals surface area contributed by atoms with Crippen molar-refractivity contribution in [2.75, 3.05) is 7.11 Å². The minimum atomic E-state index is 0.432. The van der Waals surface area contributed by atoms with E-state index in [1.54, 1.807) is 13.2 Å². The van der Waals surface area contributed by atoms with E-state index < -0.39 is 0 Å². The maximum absolute atomic E-state index is 6.15. The van der Waals surface area contributed by atoms with Crippen molar-refractivity contribution in [1.29, 1.82) is 0 Å². The Morgan fingerprint density at radius 3 is 2.47 bits per heavy atom. The van der Waals surface area contributed by atoms with Crippen molar-refractivity contribution < 1.29 is 9.57 Å². The molecule has 0 saturated heterocycles. The second-order valence-electron chi connectivity index (χ2n) is 3.97. The van der Waals surface area contributed by atoms with Crippen LogP contribution in [0.15, 0.2) is 30.3 Å². The lowest BCUT2D eigenvalue weighted by molar-refractivity contribution is 0.329. The standard InChI is InChI=1S/C14H15ClN2O2/c1-3-12-14(19-16)11(15)8-13(17-12)9-4-6-10(18-2)7-5-9/h4-8H,3,16H2,1-2H3. The minimum absolute atomic E-state index is 0.432. The molecule has 5 heteroatoms. The Morgan fingerprint density at radius 2 is 1.95 bits per heavy atom. The summed E-state index contributed by atoms with van der Waals surface area (Å²) in [5.41, 5.74) is 2.48. The van der Waals surface area contributed by atoms with Crippen LogP contribution in [0, 0.1) is 0 Å². The molecular weight excluding hydrogens is 264 g/mol. The second kappa shape index (κ2) is 5.91. The molecule has 1 heterocycles. The Bertz CT molecular complexity index is 570. The van der Waals surface area contributed by atoms with Crippen molar-refractivity contribution in [2.45, 2.75) is 13.3 Å². The fourth-order valence-corrected chi connectivity index (χ4v) is 2.08. The van der Waals surface area contributed by atoms with Crippen LogP contribution in [-0.4, -0.2) is 12.1 Å². The molecule has 100 valence electrons. The van der Waals surface area contributed by atoms with Gasteiger partial charge >= 0.3 is 0 Å². The number of nitrogens with zero attached hydrogens (tertiary/aromatic N) is 1. The zero-order chi connectivity index (χ0) is 13.8. The number of halogens is 1. The van der Waals surface area contributed by atoms with Gasteiger partial charge in [-0.25, -0.2) is 4.98 Å². The normalized spacial score (nSPS) is 10.3. The Kier molecular flexibility index (Phi) is 4.24. The van der Waals surface area contributed by atoms with E-state index in [2.05, 4.69) is 4.98 Å². The maximum atomic E-state index is 6.15. The van der Waals surface area contributed by atoms with Crippen molar-refractivity contribution in [2.24, 2.45) is 5.90 Å². The lowest BCUT2D eigenvalue weighted by atomic mass is 10.1. The van der Waals surface area contributed by atoms with Crippen molar-refractivity contribution in [3.8, 4) is 22.8 Å². The maximum Gasteiger partial charge on any atom is 0.186 e. The first kappa shape index (κ1) is 13.6. The third kappa shape index (κ3) is 2.80. The van der Waals surface area contributed by atoms with Gasteiger partial charge in [-0.05, 0) is 36.8 Å². The van der Waals surface area contributed by atoms with E-state index in [1.807, 2.05) is 31.2 Å². The van der Waals surface area contributed by atoms with Gasteiger partial charge in [0.05, 0.1) is 23.5 Å². The molecule has 1 aromatic carbocycles. The molecule has 2 aromatic rings. The minimum Gasteiger partial charge on any atom is -0.497 e. The van der Waals surface area contributed by atoms with E-state index >= 15 is 0 Å². The van der Waals surface area contributed by atoms with Crippen LogP contribution in [0.2, 0.25) is 5.02 Å². The monoisotopic (exact) mass is 278 g/mol. The lowest BCUT2D eigenvalue weighted by Crippen LogP contribution is -2.07. The zero-order valence-electron chi connectivity index (χ0n) is 10.8. The highest BCUT2D eigenvalue weighted by atomic mass is 35.5. The second-order valence-corrected chi connectivity index (χ2v) is 4.37. The molecule has 0 radical (unpaired) electrons. The number of nitrogens with two attached hydrogens (primary N) is 1. The molecule has 2 N–H and O–H groups in total. The number of hydrogen-bond acceptors (Lipinski definition) is 4. The Morgan fingerprint density at radius 1 is 1.26 bits per heavy atom. The smallest absolute Gasteiger partial charge is 0.186 e. The molecule has 0 aliphatic rings. The van der Waals surface area contributed by atoms with Crippen LogP contribution in [-0.2, 0) is 6.42 Å². The van der Waals surface area contributed by atoms with Crippen molar-refractivity contribution in [1.82, 2.24) is 4.98 Å². The molecule has 0 unspecified atom stereocenters. The average molecular weight is 279 g/mol. The van der Waals surface area contributed by atoms with Crippen LogP contribution >= 0.6 is 11.6 Å². The Hall–Kier alpha value is -1.78. The van der Waals surface area contributed by atoms with E-state index in [0.29, 0.717) is 17.2 Å². The van der Waals surface area contributed by atoms with Crippen LogP contribution in [0.4, 0.5) is 0 Å². The Balaban J connectivity index is 2.47. The first-order chi connectivity index (χ1) is 9.19. The number of hydrogen-bond donors (Lipinski definition) is 1. The molecule has 0 aliphatic carbocycles. The molecule has 4 nitrogen and oxygen atoms in total. The fraction of sp³-hybridized carbons (Fsp3) is 0.214. The number of pyridine rings is 1.